The van der Waals surface area contributed by atoms with Crippen molar-refractivity contribution in [1.29, 1.82) is 0 Å². The minimum absolute atomic E-state index is 0.153. The molecule has 1 fully saturated rings. The third kappa shape index (κ3) is 9.23. The number of aryl methyl sites for hydroxylation is 1. The van der Waals surface area contributed by atoms with Crippen LogP contribution in [0, 0.1) is 6.92 Å². The number of carbonyl (C=O) groups excluding carboxylic acids is 1. The molecule has 8 nitrogen and oxygen atoms in total. The fourth-order valence-electron chi connectivity index (χ4n) is 3.19. The van der Waals surface area contributed by atoms with Gasteiger partial charge in [-0.25, -0.2) is 0 Å². The first kappa shape index (κ1) is 32.5. The Hall–Kier alpha value is -2.49. The van der Waals surface area contributed by atoms with Crippen LogP contribution in [0.15, 0.2) is 48.5 Å². The van der Waals surface area contributed by atoms with Gasteiger partial charge in [-0.2, -0.15) is 0 Å². The first-order chi connectivity index (χ1) is 16.9. The summed E-state index contributed by atoms with van der Waals surface area (Å²) in [4.78, 5) is 12.8. The highest BCUT2D eigenvalue weighted by molar-refractivity contribution is 5.98. The van der Waals surface area contributed by atoms with Crippen molar-refractivity contribution in [2.24, 2.45) is 0 Å². The number of benzene rings is 2. The van der Waals surface area contributed by atoms with Gasteiger partial charge >= 0.3 is 0 Å². The Morgan fingerprint density at radius 1 is 0.886 bits per heavy atom. The van der Waals surface area contributed by atoms with Crippen molar-refractivity contribution in [3.05, 3.63) is 65.2 Å². The van der Waals surface area contributed by atoms with Gasteiger partial charge in [-0.1, -0.05) is 84.0 Å². The molecule has 1 saturated heterocycles. The summed E-state index contributed by atoms with van der Waals surface area (Å²) in [6, 6.07) is 14.4. The normalized spacial score (nSPS) is 22.7. The Morgan fingerprint density at radius 3 is 2.06 bits per heavy atom. The molecule has 5 N–H and O–H groups in total. The molecule has 3 rings (SSSR count). The first-order valence-corrected chi connectivity index (χ1v) is 12.3. The molecule has 5 atom stereocenters. The summed E-state index contributed by atoms with van der Waals surface area (Å²) >= 11 is 0. The summed E-state index contributed by atoms with van der Waals surface area (Å²) < 4.78 is 11.1. The second kappa shape index (κ2) is 17.9. The van der Waals surface area contributed by atoms with Gasteiger partial charge in [-0.3, -0.25) is 4.79 Å². The zero-order valence-electron chi connectivity index (χ0n) is 21.9. The molecule has 35 heavy (non-hydrogen) atoms. The lowest BCUT2D eigenvalue weighted by molar-refractivity contribution is -0.277. The first-order valence-electron chi connectivity index (χ1n) is 12.3. The lowest BCUT2D eigenvalue weighted by Gasteiger charge is -2.39. The fraction of sp³-hybridized carbons (Fsp3) is 0.519. The van der Waals surface area contributed by atoms with E-state index in [1.165, 1.54) is 0 Å². The number of hydrogen-bond acceptors (Lipinski definition) is 7. The largest absolute Gasteiger partial charge is 0.461 e. The van der Waals surface area contributed by atoms with E-state index in [2.05, 4.69) is 5.32 Å². The van der Waals surface area contributed by atoms with Crippen LogP contribution in [-0.2, 0) is 11.3 Å². The zero-order valence-corrected chi connectivity index (χ0v) is 21.9. The number of rotatable bonds is 6. The maximum atomic E-state index is 12.8. The lowest BCUT2D eigenvalue weighted by Crippen LogP contribution is -2.60. The molecular weight excluding hydrogens is 450 g/mol. The smallest absolute Gasteiger partial charge is 0.255 e. The van der Waals surface area contributed by atoms with Crippen molar-refractivity contribution in [2.45, 2.75) is 85.7 Å². The van der Waals surface area contributed by atoms with E-state index in [0.29, 0.717) is 12.1 Å². The predicted octanol–water partition coefficient (Wildman–Crippen LogP) is 3.18. The topological polar surface area (TPSA) is 128 Å². The van der Waals surface area contributed by atoms with Crippen LogP contribution in [0.2, 0.25) is 0 Å². The maximum Gasteiger partial charge on any atom is 0.255 e. The van der Waals surface area contributed by atoms with E-state index in [9.17, 15) is 25.2 Å². The third-order valence-corrected chi connectivity index (χ3v) is 4.85. The minimum Gasteiger partial charge on any atom is -0.461 e. The Bertz CT molecular complexity index is 830. The van der Waals surface area contributed by atoms with Gasteiger partial charge in [0.1, 0.15) is 30.2 Å². The molecule has 2 aromatic rings. The van der Waals surface area contributed by atoms with Crippen molar-refractivity contribution in [3.63, 3.8) is 0 Å². The second-order valence-electron chi connectivity index (χ2n) is 6.93. The molecule has 0 radical (unpaired) electrons. The Labute approximate surface area is 209 Å². The fourth-order valence-corrected chi connectivity index (χ4v) is 3.19. The number of carbonyl (C=O) groups is 1. The van der Waals surface area contributed by atoms with Gasteiger partial charge in [0.25, 0.3) is 5.91 Å². The standard InChI is InChI=1S/C21H25NO7.3C2H6/c1-12-6-5-9-14(16(12)20(27)22-10-13-7-3-2-4-8-13)28-21-19(26)18(25)17(24)15(11-23)29-21;3*1-2/h2-9,15,17-19,21,23-26H,10-11H2,1H3,(H,22,27);3*1-2H3/t15-,17-,18+,19-,21-;;;/m1.../s1. The molecule has 0 bridgehead atoms. The monoisotopic (exact) mass is 493 g/mol. The number of aliphatic hydroxyl groups excluding tert-OH is 4. The quantitative estimate of drug-likeness (QED) is 0.418. The van der Waals surface area contributed by atoms with Gasteiger partial charge in [-0.05, 0) is 24.1 Å². The molecular formula is C27H43NO7. The van der Waals surface area contributed by atoms with Gasteiger partial charge in [0.05, 0.1) is 12.2 Å². The van der Waals surface area contributed by atoms with E-state index in [-0.39, 0.29) is 17.2 Å². The molecule has 0 unspecified atom stereocenters. The van der Waals surface area contributed by atoms with E-state index in [0.717, 1.165) is 5.56 Å². The van der Waals surface area contributed by atoms with E-state index >= 15 is 0 Å². The van der Waals surface area contributed by atoms with E-state index in [1.54, 1.807) is 25.1 Å². The van der Waals surface area contributed by atoms with Crippen LogP contribution in [0.25, 0.3) is 0 Å². The molecule has 2 aromatic carbocycles. The molecule has 198 valence electrons. The molecule has 0 spiro atoms. The summed E-state index contributed by atoms with van der Waals surface area (Å²) in [5.74, 6) is -0.216. The summed E-state index contributed by atoms with van der Waals surface area (Å²) in [5, 5.41) is 42.2. The highest BCUT2D eigenvalue weighted by Gasteiger charge is 2.45. The van der Waals surface area contributed by atoms with Crippen molar-refractivity contribution in [3.8, 4) is 5.75 Å². The lowest BCUT2D eigenvalue weighted by atomic mass is 9.99. The van der Waals surface area contributed by atoms with Crippen molar-refractivity contribution in [2.75, 3.05) is 6.61 Å². The zero-order chi connectivity index (χ0) is 27.0. The van der Waals surface area contributed by atoms with Gasteiger partial charge in [0.15, 0.2) is 0 Å². The number of aliphatic hydroxyl groups is 4. The van der Waals surface area contributed by atoms with Crippen molar-refractivity contribution >= 4 is 5.91 Å². The molecule has 1 aliphatic rings. The average molecular weight is 494 g/mol. The Morgan fingerprint density at radius 2 is 1.49 bits per heavy atom. The van der Waals surface area contributed by atoms with E-state index in [1.807, 2.05) is 71.9 Å². The minimum atomic E-state index is -1.56. The second-order valence-corrected chi connectivity index (χ2v) is 6.93. The number of hydrogen-bond donors (Lipinski definition) is 5. The molecule has 1 heterocycles. The molecule has 0 aromatic heterocycles. The van der Waals surface area contributed by atoms with Crippen molar-refractivity contribution in [1.82, 2.24) is 5.32 Å². The average Bonchev–Trinajstić information content (AvgIpc) is 2.91. The SMILES string of the molecule is CC.CC.CC.Cc1cccc(O[C@@H]2O[C@H](CO)[C@@H](O)[C@H](O)[C@H]2O)c1C(=O)NCc1ccccc1. The Kier molecular flexibility index (Phi) is 16.6. The van der Waals surface area contributed by atoms with Crippen molar-refractivity contribution < 1.29 is 34.7 Å². The van der Waals surface area contributed by atoms with Crippen LogP contribution >= 0.6 is 0 Å². The van der Waals surface area contributed by atoms with Crippen LogP contribution in [0.1, 0.15) is 63.0 Å². The third-order valence-electron chi connectivity index (χ3n) is 4.85. The highest BCUT2D eigenvalue weighted by Crippen LogP contribution is 2.28. The van der Waals surface area contributed by atoms with Gasteiger partial charge < -0.3 is 35.2 Å². The predicted molar refractivity (Wildman–Crippen MR) is 137 cm³/mol. The van der Waals surface area contributed by atoms with E-state index in [4.69, 9.17) is 9.47 Å². The number of nitrogens with one attached hydrogen (secondary N) is 1. The highest BCUT2D eigenvalue weighted by atomic mass is 16.7. The van der Waals surface area contributed by atoms with Gasteiger partial charge in [0, 0.05) is 6.54 Å². The van der Waals surface area contributed by atoms with Crippen LogP contribution in [0.5, 0.6) is 5.75 Å². The number of ether oxygens (including phenoxy) is 2. The summed E-state index contributed by atoms with van der Waals surface area (Å²) in [6.45, 7) is 13.5. The molecule has 0 aliphatic carbocycles. The van der Waals surface area contributed by atoms with Gasteiger partial charge in [-0.15, -0.1) is 0 Å². The maximum absolute atomic E-state index is 12.8. The van der Waals surface area contributed by atoms with Crippen LogP contribution in [-0.4, -0.2) is 63.6 Å². The molecule has 1 aliphatic heterocycles. The van der Waals surface area contributed by atoms with Gasteiger partial charge in [0.2, 0.25) is 6.29 Å². The summed E-state index contributed by atoms with van der Waals surface area (Å²) in [6.07, 6.45) is -7.08. The summed E-state index contributed by atoms with van der Waals surface area (Å²) in [7, 11) is 0. The Balaban J connectivity index is 0.00000179. The van der Waals surface area contributed by atoms with Crippen LogP contribution in [0.4, 0.5) is 0 Å². The molecule has 1 amide bonds. The summed E-state index contributed by atoms with van der Waals surface area (Å²) in [5.41, 5.74) is 1.85. The van der Waals surface area contributed by atoms with E-state index < -0.39 is 37.3 Å². The number of amides is 1. The molecule has 0 saturated carbocycles. The molecule has 8 heteroatoms. The van der Waals surface area contributed by atoms with Crippen LogP contribution < -0.4 is 10.1 Å². The van der Waals surface area contributed by atoms with Crippen LogP contribution in [0.3, 0.4) is 0 Å².